The van der Waals surface area contributed by atoms with E-state index in [0.717, 1.165) is 6.08 Å². The van der Waals surface area contributed by atoms with Gasteiger partial charge in [-0.1, -0.05) is 0 Å². The fourth-order valence-electron chi connectivity index (χ4n) is 2.44. The average molecular weight is 408 g/mol. The molecule has 0 radical (unpaired) electrons. The first kappa shape index (κ1) is 20.3. The number of pyridine rings is 1. The van der Waals surface area contributed by atoms with Crippen molar-refractivity contribution in [2.24, 2.45) is 0 Å². The number of nitrogen functional groups attached to an aromatic ring is 1. The number of carbonyl (C=O) groups excluding carboxylic acids is 1. The van der Waals surface area contributed by atoms with E-state index >= 15 is 0 Å². The molecule has 0 spiro atoms. The zero-order valence-electron chi connectivity index (χ0n) is 15.5. The summed E-state index contributed by atoms with van der Waals surface area (Å²) >= 11 is 0. The number of nitrogens with zero attached hydrogens (tertiary/aromatic N) is 1. The van der Waals surface area contributed by atoms with Gasteiger partial charge in [-0.15, -0.1) is 0 Å². The minimum absolute atomic E-state index is 0.126. The summed E-state index contributed by atoms with van der Waals surface area (Å²) in [5.74, 6) is -0.627. The molecule has 5 N–H and O–H groups in total. The van der Waals surface area contributed by atoms with Gasteiger partial charge in [0, 0.05) is 23.6 Å². The van der Waals surface area contributed by atoms with E-state index in [1.165, 1.54) is 36.5 Å². The number of carbonyl (C=O) groups is 2. The lowest BCUT2D eigenvalue weighted by Gasteiger charge is -2.11. The molecule has 1 aromatic heterocycles. The molecular weight excluding hydrogens is 391 g/mol. The number of benzene rings is 2. The number of anilines is 3. The second-order valence-electron chi connectivity index (χ2n) is 5.99. The maximum absolute atomic E-state index is 12.9. The quantitative estimate of drug-likeness (QED) is 0.450. The number of hydrogen-bond acceptors (Lipinski definition) is 5. The van der Waals surface area contributed by atoms with E-state index < -0.39 is 17.8 Å². The van der Waals surface area contributed by atoms with Crippen LogP contribution in [0, 0.1) is 5.82 Å². The largest absolute Gasteiger partial charge is 0.478 e. The van der Waals surface area contributed by atoms with Crippen LogP contribution in [0.1, 0.15) is 5.56 Å². The predicted octanol–water partition coefficient (Wildman–Crippen LogP) is 4.34. The lowest BCUT2D eigenvalue weighted by atomic mass is 10.2. The Balaban J connectivity index is 1.66. The highest BCUT2D eigenvalue weighted by Gasteiger charge is 2.09. The Kier molecular flexibility index (Phi) is 6.23. The van der Waals surface area contributed by atoms with Crippen molar-refractivity contribution in [2.75, 3.05) is 16.4 Å². The van der Waals surface area contributed by atoms with E-state index in [1.807, 2.05) is 0 Å². The number of aliphatic carboxylic acids is 1. The first-order valence-corrected chi connectivity index (χ1v) is 8.67. The number of carboxylic acid groups (broad SMARTS) is 1. The first-order chi connectivity index (χ1) is 14.4. The summed E-state index contributed by atoms with van der Waals surface area (Å²) in [4.78, 5) is 26.7. The molecule has 0 bridgehead atoms. The van der Waals surface area contributed by atoms with Crippen molar-refractivity contribution in [1.82, 2.24) is 4.98 Å². The average Bonchev–Trinajstić information content (AvgIpc) is 2.70. The highest BCUT2D eigenvalue weighted by atomic mass is 19.1. The summed E-state index contributed by atoms with van der Waals surface area (Å²) < 4.78 is 18.7. The molecule has 0 saturated carbocycles. The van der Waals surface area contributed by atoms with E-state index in [4.69, 9.17) is 15.6 Å². The highest BCUT2D eigenvalue weighted by molar-refractivity contribution is 5.99. The van der Waals surface area contributed by atoms with Crippen molar-refractivity contribution in [1.29, 1.82) is 0 Å². The van der Waals surface area contributed by atoms with Crippen LogP contribution < -0.4 is 21.1 Å². The molecule has 3 aromatic rings. The Morgan fingerprint density at radius 2 is 1.60 bits per heavy atom. The van der Waals surface area contributed by atoms with Crippen molar-refractivity contribution in [2.45, 2.75) is 0 Å². The van der Waals surface area contributed by atoms with Crippen molar-refractivity contribution >= 4 is 35.3 Å². The summed E-state index contributed by atoms with van der Waals surface area (Å²) in [5, 5.41) is 14.0. The second kappa shape index (κ2) is 9.20. The van der Waals surface area contributed by atoms with Crippen LogP contribution in [0.5, 0.6) is 11.5 Å². The van der Waals surface area contributed by atoms with E-state index in [9.17, 15) is 14.0 Å². The Bertz CT molecular complexity index is 1080. The molecule has 1 heterocycles. The van der Waals surface area contributed by atoms with Gasteiger partial charge in [0.15, 0.2) is 0 Å². The number of nitrogens with one attached hydrogen (secondary N) is 2. The highest BCUT2D eigenvalue weighted by Crippen LogP contribution is 2.29. The molecule has 3 rings (SSSR count). The Hall–Kier alpha value is -4.40. The number of urea groups is 1. The summed E-state index contributed by atoms with van der Waals surface area (Å²) in [5.41, 5.74) is 7.09. The third-order valence-corrected chi connectivity index (χ3v) is 3.82. The Morgan fingerprint density at radius 1 is 1.00 bits per heavy atom. The smallest absolute Gasteiger partial charge is 0.328 e. The summed E-state index contributed by atoms with van der Waals surface area (Å²) in [6.07, 6.45) is 3.68. The van der Waals surface area contributed by atoms with Crippen molar-refractivity contribution in [3.8, 4) is 11.5 Å². The van der Waals surface area contributed by atoms with Gasteiger partial charge in [-0.3, -0.25) is 0 Å². The molecule has 0 aliphatic heterocycles. The van der Waals surface area contributed by atoms with Gasteiger partial charge in [0.2, 0.25) is 0 Å². The summed E-state index contributed by atoms with van der Waals surface area (Å²) in [6, 6.07) is 12.9. The van der Waals surface area contributed by atoms with Crippen LogP contribution in [-0.4, -0.2) is 22.1 Å². The lowest BCUT2D eigenvalue weighted by molar-refractivity contribution is -0.131. The molecule has 9 heteroatoms. The molecular formula is C21H17FN4O4. The number of ether oxygens (including phenoxy) is 1. The maximum atomic E-state index is 12.9. The van der Waals surface area contributed by atoms with Gasteiger partial charge < -0.3 is 26.2 Å². The Morgan fingerprint density at radius 3 is 2.20 bits per heavy atom. The first-order valence-electron chi connectivity index (χ1n) is 8.67. The number of rotatable bonds is 6. The van der Waals surface area contributed by atoms with E-state index in [-0.39, 0.29) is 5.82 Å². The molecule has 0 fully saturated rings. The fraction of sp³-hybridized carbons (Fsp3) is 0. The third kappa shape index (κ3) is 5.55. The molecule has 0 aliphatic carbocycles. The molecule has 2 amide bonds. The van der Waals surface area contributed by atoms with Gasteiger partial charge in [-0.2, -0.15) is 0 Å². The minimum Gasteiger partial charge on any atom is -0.478 e. The van der Waals surface area contributed by atoms with Gasteiger partial charge in [-0.05, 0) is 60.7 Å². The minimum atomic E-state index is -1.13. The molecule has 8 nitrogen and oxygen atoms in total. The normalized spacial score (nSPS) is 10.6. The van der Waals surface area contributed by atoms with E-state index in [0.29, 0.717) is 28.4 Å². The second-order valence-corrected chi connectivity index (χ2v) is 5.99. The van der Waals surface area contributed by atoms with Gasteiger partial charge in [0.25, 0.3) is 0 Å². The SMILES string of the molecule is Nc1nccc(Oc2ccc(NC(=O)Nc3ccc(F)cc3)cc2)c1C=CC(=O)O. The summed E-state index contributed by atoms with van der Waals surface area (Å²) in [7, 11) is 0. The van der Waals surface area contributed by atoms with Crippen molar-refractivity contribution < 1.29 is 23.8 Å². The lowest BCUT2D eigenvalue weighted by Crippen LogP contribution is -2.19. The van der Waals surface area contributed by atoms with E-state index in [1.54, 1.807) is 30.3 Å². The monoisotopic (exact) mass is 408 g/mol. The van der Waals surface area contributed by atoms with Gasteiger partial charge in [0.1, 0.15) is 23.1 Å². The Labute approximate surface area is 170 Å². The van der Waals surface area contributed by atoms with Crippen LogP contribution in [0.3, 0.4) is 0 Å². The number of amides is 2. The number of nitrogens with two attached hydrogens (primary N) is 1. The standard InChI is InChI=1S/C21H17FN4O4/c22-13-1-3-14(4-2-13)25-21(29)26-15-5-7-16(8-6-15)30-18-11-12-24-20(23)17(18)9-10-19(27)28/h1-12H,(H2,23,24)(H,27,28)(H2,25,26,29). The zero-order chi connectivity index (χ0) is 21.5. The number of carboxylic acids is 1. The summed E-state index contributed by atoms with van der Waals surface area (Å²) in [6.45, 7) is 0. The van der Waals surface area contributed by atoms with Crippen LogP contribution in [0.25, 0.3) is 6.08 Å². The fourth-order valence-corrected chi connectivity index (χ4v) is 2.44. The molecule has 0 saturated heterocycles. The van der Waals surface area contributed by atoms with Crippen LogP contribution in [0.4, 0.5) is 26.4 Å². The molecule has 30 heavy (non-hydrogen) atoms. The predicted molar refractivity (Wildman–Crippen MR) is 111 cm³/mol. The zero-order valence-corrected chi connectivity index (χ0v) is 15.5. The van der Waals surface area contributed by atoms with Crippen LogP contribution in [0.15, 0.2) is 66.9 Å². The van der Waals surface area contributed by atoms with Crippen LogP contribution in [-0.2, 0) is 4.79 Å². The molecule has 2 aromatic carbocycles. The molecule has 0 unspecified atom stereocenters. The van der Waals surface area contributed by atoms with Crippen LogP contribution in [0.2, 0.25) is 0 Å². The van der Waals surface area contributed by atoms with Crippen molar-refractivity contribution in [3.05, 3.63) is 78.3 Å². The molecule has 0 aliphatic rings. The number of halogens is 1. The molecule has 0 atom stereocenters. The van der Waals surface area contributed by atoms with Gasteiger partial charge >= 0.3 is 12.0 Å². The van der Waals surface area contributed by atoms with Gasteiger partial charge in [-0.25, -0.2) is 19.0 Å². The number of hydrogen-bond donors (Lipinski definition) is 4. The van der Waals surface area contributed by atoms with Crippen molar-refractivity contribution in [3.63, 3.8) is 0 Å². The van der Waals surface area contributed by atoms with Gasteiger partial charge in [0.05, 0.1) is 5.56 Å². The third-order valence-electron chi connectivity index (χ3n) is 3.82. The molecule has 152 valence electrons. The number of aromatic nitrogens is 1. The maximum Gasteiger partial charge on any atom is 0.328 e. The van der Waals surface area contributed by atoms with E-state index in [2.05, 4.69) is 15.6 Å². The van der Waals surface area contributed by atoms with Crippen LogP contribution >= 0.6 is 0 Å². The topological polar surface area (TPSA) is 127 Å².